The van der Waals surface area contributed by atoms with Crippen LogP contribution in [0.3, 0.4) is 0 Å². The molecule has 31 heavy (non-hydrogen) atoms. The number of carboxylic acid groups (broad SMARTS) is 1. The van der Waals surface area contributed by atoms with Crippen molar-refractivity contribution < 1.29 is 24.2 Å². The zero-order valence-electron chi connectivity index (χ0n) is 18.6. The summed E-state index contributed by atoms with van der Waals surface area (Å²) in [5.74, 6) is -0.742. The monoisotopic (exact) mass is 423 g/mol. The van der Waals surface area contributed by atoms with Crippen LogP contribution >= 0.6 is 0 Å². The van der Waals surface area contributed by atoms with Crippen LogP contribution in [0.1, 0.15) is 49.3 Å². The number of rotatable bonds is 8. The summed E-state index contributed by atoms with van der Waals surface area (Å²) in [4.78, 5) is 24.9. The highest BCUT2D eigenvalue weighted by molar-refractivity contribution is 6.06. The van der Waals surface area contributed by atoms with Crippen LogP contribution in [0.5, 0.6) is 5.75 Å². The molecule has 1 aromatic heterocycles. The van der Waals surface area contributed by atoms with E-state index >= 15 is 0 Å². The van der Waals surface area contributed by atoms with Crippen LogP contribution in [0.25, 0.3) is 10.9 Å². The van der Waals surface area contributed by atoms with Gasteiger partial charge in [-0.2, -0.15) is 0 Å². The van der Waals surface area contributed by atoms with Gasteiger partial charge in [-0.3, -0.25) is 0 Å². The molecular weight excluding hydrogens is 394 g/mol. The Labute approximate surface area is 182 Å². The van der Waals surface area contributed by atoms with Crippen LogP contribution in [-0.2, 0) is 21.7 Å². The predicted octanol–water partition coefficient (Wildman–Crippen LogP) is 5.16. The molecule has 0 spiro atoms. The minimum Gasteiger partial charge on any atom is -0.478 e. The number of carbonyl (C=O) groups excluding carboxylic acids is 1. The molecule has 6 nitrogen and oxygen atoms in total. The van der Waals surface area contributed by atoms with Gasteiger partial charge in [0, 0.05) is 28.7 Å². The summed E-state index contributed by atoms with van der Waals surface area (Å²) in [7, 11) is 0. The fourth-order valence-corrected chi connectivity index (χ4v) is 3.80. The van der Waals surface area contributed by atoms with Gasteiger partial charge in [-0.15, -0.1) is 0 Å². The summed E-state index contributed by atoms with van der Waals surface area (Å²) in [6.45, 7) is 10.5. The first-order valence-corrected chi connectivity index (χ1v) is 10.5. The summed E-state index contributed by atoms with van der Waals surface area (Å²) < 4.78 is 13.4. The van der Waals surface area contributed by atoms with E-state index < -0.39 is 17.5 Å². The second-order valence-corrected chi connectivity index (χ2v) is 8.17. The lowest BCUT2D eigenvalue weighted by molar-refractivity contribution is -0.154. The highest BCUT2D eigenvalue weighted by Gasteiger charge is 2.38. The lowest BCUT2D eigenvalue weighted by atomic mass is 9.96. The van der Waals surface area contributed by atoms with Crippen molar-refractivity contribution >= 4 is 22.8 Å². The number of nitrogens with zero attached hydrogens (tertiary/aromatic N) is 1. The molecule has 0 amide bonds. The second-order valence-electron chi connectivity index (χ2n) is 8.17. The molecule has 3 rings (SSSR count). The van der Waals surface area contributed by atoms with Gasteiger partial charge >= 0.3 is 11.9 Å². The van der Waals surface area contributed by atoms with Crippen LogP contribution in [0.2, 0.25) is 0 Å². The van der Waals surface area contributed by atoms with Crippen molar-refractivity contribution in [1.82, 2.24) is 4.57 Å². The summed E-state index contributed by atoms with van der Waals surface area (Å²) >= 11 is 0. The van der Waals surface area contributed by atoms with E-state index in [2.05, 4.69) is 18.4 Å². The normalized spacial score (nSPS) is 13.2. The summed E-state index contributed by atoms with van der Waals surface area (Å²) in [5, 5.41) is 10.6. The molecule has 0 radical (unpaired) electrons. The predicted molar refractivity (Wildman–Crippen MR) is 120 cm³/mol. The fourth-order valence-electron chi connectivity index (χ4n) is 3.80. The molecule has 0 saturated carbocycles. The molecule has 0 saturated heterocycles. The largest absolute Gasteiger partial charge is 0.478 e. The molecule has 6 heteroatoms. The summed E-state index contributed by atoms with van der Waals surface area (Å²) in [6, 6.07) is 14.2. The standard InChI is InChI=1S/C25H29NO5/c1-6-30-23(27)22-17(4)26(15-16(2)3)21-13-12-19(14-20(21)22)31-25(5,24(28)29)18-10-8-7-9-11-18/h7-14,16H,6,15H2,1-5H3,(H,28,29). The van der Waals surface area contributed by atoms with E-state index in [9.17, 15) is 14.7 Å². The third-order valence-corrected chi connectivity index (χ3v) is 5.38. The van der Waals surface area contributed by atoms with Crippen LogP contribution in [0.4, 0.5) is 0 Å². The highest BCUT2D eigenvalue weighted by Crippen LogP contribution is 2.34. The van der Waals surface area contributed by atoms with Crippen LogP contribution in [0, 0.1) is 12.8 Å². The number of esters is 1. The van der Waals surface area contributed by atoms with E-state index in [1.165, 1.54) is 6.92 Å². The Morgan fingerprint density at radius 1 is 1.13 bits per heavy atom. The number of hydrogen-bond donors (Lipinski definition) is 1. The van der Waals surface area contributed by atoms with Crippen molar-refractivity contribution in [2.24, 2.45) is 5.92 Å². The van der Waals surface area contributed by atoms with Crippen LogP contribution < -0.4 is 4.74 Å². The first-order chi connectivity index (χ1) is 14.7. The second kappa shape index (κ2) is 8.84. The first-order valence-electron chi connectivity index (χ1n) is 10.5. The molecule has 3 aromatic rings. The number of ether oxygens (including phenoxy) is 2. The fraction of sp³-hybridized carbons (Fsp3) is 0.360. The number of aromatic nitrogens is 1. The van der Waals surface area contributed by atoms with Gasteiger partial charge in [-0.25, -0.2) is 9.59 Å². The Kier molecular flexibility index (Phi) is 6.39. The Morgan fingerprint density at radius 3 is 2.39 bits per heavy atom. The van der Waals surface area contributed by atoms with Crippen molar-refractivity contribution in [1.29, 1.82) is 0 Å². The highest BCUT2D eigenvalue weighted by atomic mass is 16.5. The van der Waals surface area contributed by atoms with Crippen molar-refractivity contribution in [2.45, 2.75) is 46.8 Å². The van der Waals surface area contributed by atoms with Gasteiger partial charge in [0.1, 0.15) is 5.75 Å². The number of carbonyl (C=O) groups is 2. The van der Waals surface area contributed by atoms with Crippen molar-refractivity contribution in [3.8, 4) is 5.75 Å². The van der Waals surface area contributed by atoms with Crippen LogP contribution in [0.15, 0.2) is 48.5 Å². The zero-order valence-corrected chi connectivity index (χ0v) is 18.6. The number of fused-ring (bicyclic) bond motifs is 1. The molecule has 1 N–H and O–H groups in total. The molecule has 0 aliphatic rings. The average molecular weight is 424 g/mol. The van der Waals surface area contributed by atoms with Gasteiger partial charge in [0.25, 0.3) is 0 Å². The molecule has 0 aliphatic heterocycles. The van der Waals surface area contributed by atoms with Crippen molar-refractivity contribution in [3.05, 3.63) is 65.4 Å². The van der Waals surface area contributed by atoms with E-state index in [0.29, 0.717) is 28.2 Å². The Hall–Kier alpha value is -3.28. The van der Waals surface area contributed by atoms with Crippen molar-refractivity contribution in [3.63, 3.8) is 0 Å². The minimum absolute atomic E-state index is 0.274. The first kappa shape index (κ1) is 22.4. The van der Waals surface area contributed by atoms with Gasteiger partial charge in [0.2, 0.25) is 5.60 Å². The van der Waals surface area contributed by atoms with Gasteiger partial charge in [0.15, 0.2) is 0 Å². The summed E-state index contributed by atoms with van der Waals surface area (Å²) in [5.41, 5.74) is 1.15. The average Bonchev–Trinajstić information content (AvgIpc) is 2.99. The molecule has 1 unspecified atom stereocenters. The topological polar surface area (TPSA) is 77.8 Å². The Morgan fingerprint density at radius 2 is 1.81 bits per heavy atom. The van der Waals surface area contributed by atoms with E-state index in [0.717, 1.165) is 17.8 Å². The number of carboxylic acids is 1. The third kappa shape index (κ3) is 4.29. The van der Waals surface area contributed by atoms with Crippen LogP contribution in [-0.4, -0.2) is 28.2 Å². The smallest absolute Gasteiger partial charge is 0.352 e. The van der Waals surface area contributed by atoms with E-state index in [1.807, 2.05) is 19.1 Å². The molecule has 0 bridgehead atoms. The molecule has 0 fully saturated rings. The van der Waals surface area contributed by atoms with E-state index in [-0.39, 0.29) is 6.61 Å². The Bertz CT molecular complexity index is 1100. The maximum atomic E-state index is 12.7. The van der Waals surface area contributed by atoms with Crippen molar-refractivity contribution in [2.75, 3.05) is 6.61 Å². The SMILES string of the molecule is CCOC(=O)c1c(C)n(CC(C)C)c2ccc(OC(C)(C(=O)O)c3ccccc3)cc12. The van der Waals surface area contributed by atoms with E-state index in [1.54, 1.807) is 43.3 Å². The molecule has 1 atom stereocenters. The quantitative estimate of drug-likeness (QED) is 0.506. The lowest BCUT2D eigenvalue weighted by Crippen LogP contribution is -2.38. The molecule has 1 heterocycles. The number of benzene rings is 2. The number of aliphatic carboxylic acids is 1. The zero-order chi connectivity index (χ0) is 22.8. The van der Waals surface area contributed by atoms with Gasteiger partial charge in [-0.1, -0.05) is 44.2 Å². The van der Waals surface area contributed by atoms with E-state index in [4.69, 9.17) is 9.47 Å². The maximum absolute atomic E-state index is 12.7. The summed E-state index contributed by atoms with van der Waals surface area (Å²) in [6.07, 6.45) is 0. The van der Waals surface area contributed by atoms with Gasteiger partial charge < -0.3 is 19.1 Å². The molecule has 2 aromatic carbocycles. The molecular formula is C25H29NO5. The molecule has 0 aliphatic carbocycles. The minimum atomic E-state index is -1.57. The number of hydrogen-bond acceptors (Lipinski definition) is 4. The molecule has 164 valence electrons. The third-order valence-electron chi connectivity index (χ3n) is 5.38. The Balaban J connectivity index is 2.14. The maximum Gasteiger partial charge on any atom is 0.352 e. The van der Waals surface area contributed by atoms with Gasteiger partial charge in [-0.05, 0) is 44.9 Å². The van der Waals surface area contributed by atoms with Gasteiger partial charge in [0.05, 0.1) is 12.2 Å². The lowest BCUT2D eigenvalue weighted by Gasteiger charge is -2.27.